The Bertz CT molecular complexity index is 311. The lowest BCUT2D eigenvalue weighted by molar-refractivity contribution is -0.121. The van der Waals surface area contributed by atoms with Gasteiger partial charge in [0.2, 0.25) is 5.91 Å². The van der Waals surface area contributed by atoms with Crippen LogP contribution in [0.4, 0.5) is 4.79 Å². The summed E-state index contributed by atoms with van der Waals surface area (Å²) in [7, 11) is 0. The molecule has 0 aliphatic carbocycles. The fourth-order valence-corrected chi connectivity index (χ4v) is 1.89. The van der Waals surface area contributed by atoms with Crippen molar-refractivity contribution < 1.29 is 14.3 Å². The summed E-state index contributed by atoms with van der Waals surface area (Å²) in [5.74, 6) is -0.0333. The Labute approximate surface area is 129 Å². The third kappa shape index (κ3) is 13.5. The molecule has 0 fully saturated rings. The molecule has 124 valence electrons. The van der Waals surface area contributed by atoms with Crippen LogP contribution >= 0.6 is 0 Å². The van der Waals surface area contributed by atoms with Crippen molar-refractivity contribution in [3.8, 4) is 0 Å². The molecule has 0 rings (SSSR count). The smallest absolute Gasteiger partial charge is 0.407 e. The van der Waals surface area contributed by atoms with E-state index >= 15 is 0 Å². The van der Waals surface area contributed by atoms with Gasteiger partial charge in [-0.05, 0) is 34.1 Å². The Balaban J connectivity index is 3.68. The van der Waals surface area contributed by atoms with Crippen molar-refractivity contribution >= 4 is 12.0 Å². The monoisotopic (exact) mass is 300 g/mol. The first kappa shape index (κ1) is 19.7. The summed E-state index contributed by atoms with van der Waals surface area (Å²) in [4.78, 5) is 23.1. The second-order valence-corrected chi connectivity index (χ2v) is 6.50. The Kier molecular flexibility index (Phi) is 9.84. The van der Waals surface area contributed by atoms with Gasteiger partial charge < -0.3 is 15.4 Å². The van der Waals surface area contributed by atoms with Crippen molar-refractivity contribution in [2.45, 2.75) is 84.8 Å². The highest BCUT2D eigenvalue weighted by molar-refractivity contribution is 5.77. The summed E-state index contributed by atoms with van der Waals surface area (Å²) in [6.07, 6.45) is 5.63. The predicted molar refractivity (Wildman–Crippen MR) is 85.2 cm³/mol. The van der Waals surface area contributed by atoms with E-state index < -0.39 is 11.7 Å². The molecule has 1 atom stereocenters. The van der Waals surface area contributed by atoms with Crippen LogP contribution in [-0.2, 0) is 9.53 Å². The molecular formula is C16H32N2O3. The molecule has 1 unspecified atom stereocenters. The summed E-state index contributed by atoms with van der Waals surface area (Å²) in [6, 6.07) is 0.191. The van der Waals surface area contributed by atoms with Crippen molar-refractivity contribution in [3.63, 3.8) is 0 Å². The molecule has 0 aliphatic heterocycles. The van der Waals surface area contributed by atoms with Crippen molar-refractivity contribution in [2.24, 2.45) is 0 Å². The predicted octanol–water partition coefficient (Wildman–Crippen LogP) is 3.38. The number of unbranched alkanes of at least 4 members (excludes halogenated alkanes) is 3. The molecule has 0 saturated heterocycles. The Morgan fingerprint density at radius 1 is 1.14 bits per heavy atom. The van der Waals surface area contributed by atoms with Gasteiger partial charge in [-0.3, -0.25) is 4.79 Å². The maximum absolute atomic E-state index is 11.7. The van der Waals surface area contributed by atoms with Gasteiger partial charge in [-0.15, -0.1) is 0 Å². The number of alkyl carbamates (subject to hydrolysis) is 1. The van der Waals surface area contributed by atoms with Crippen LogP contribution in [0.3, 0.4) is 0 Å². The highest BCUT2D eigenvalue weighted by Crippen LogP contribution is 2.06. The topological polar surface area (TPSA) is 67.4 Å². The lowest BCUT2D eigenvalue weighted by Gasteiger charge is -2.19. The summed E-state index contributed by atoms with van der Waals surface area (Å²) < 4.78 is 5.09. The number of rotatable bonds is 9. The van der Waals surface area contributed by atoms with Crippen LogP contribution in [0, 0.1) is 0 Å². The number of carbonyl (C=O) groups is 2. The van der Waals surface area contributed by atoms with Gasteiger partial charge in [-0.1, -0.05) is 32.6 Å². The summed E-state index contributed by atoms with van der Waals surface area (Å²) in [5.41, 5.74) is -0.515. The highest BCUT2D eigenvalue weighted by atomic mass is 16.6. The van der Waals surface area contributed by atoms with E-state index in [1.54, 1.807) is 20.8 Å². The minimum atomic E-state index is -0.515. The van der Waals surface area contributed by atoms with Crippen LogP contribution in [0.2, 0.25) is 0 Å². The number of amides is 2. The van der Waals surface area contributed by atoms with Crippen LogP contribution in [0.15, 0.2) is 0 Å². The molecule has 0 saturated carbocycles. The molecule has 0 radical (unpaired) electrons. The number of ether oxygens (including phenoxy) is 1. The largest absolute Gasteiger partial charge is 0.444 e. The zero-order valence-corrected chi connectivity index (χ0v) is 14.3. The van der Waals surface area contributed by atoms with Gasteiger partial charge in [-0.25, -0.2) is 4.79 Å². The lowest BCUT2D eigenvalue weighted by atomic mass is 10.1. The number of carbonyl (C=O) groups excluding carboxylic acids is 2. The maximum Gasteiger partial charge on any atom is 0.407 e. The van der Waals surface area contributed by atoms with Gasteiger partial charge in [0, 0.05) is 19.0 Å². The maximum atomic E-state index is 11.7. The first-order chi connectivity index (χ1) is 9.74. The molecule has 5 heteroatoms. The molecule has 0 spiro atoms. The summed E-state index contributed by atoms with van der Waals surface area (Å²) in [6.45, 7) is 9.91. The van der Waals surface area contributed by atoms with Crippen molar-refractivity contribution in [1.82, 2.24) is 10.6 Å². The Morgan fingerprint density at radius 3 is 2.38 bits per heavy atom. The molecule has 0 aliphatic rings. The highest BCUT2D eigenvalue weighted by Gasteiger charge is 2.16. The summed E-state index contributed by atoms with van der Waals surface area (Å²) >= 11 is 0. The molecular weight excluding hydrogens is 268 g/mol. The Hall–Kier alpha value is -1.26. The van der Waals surface area contributed by atoms with Crippen LogP contribution in [0.25, 0.3) is 0 Å². The van der Waals surface area contributed by atoms with E-state index in [0.717, 1.165) is 12.8 Å². The quantitative estimate of drug-likeness (QED) is 0.641. The average Bonchev–Trinajstić information content (AvgIpc) is 2.32. The van der Waals surface area contributed by atoms with Crippen LogP contribution in [0.5, 0.6) is 0 Å². The van der Waals surface area contributed by atoms with Crippen molar-refractivity contribution in [3.05, 3.63) is 0 Å². The molecule has 0 aromatic rings. The SMILES string of the molecule is CCCCCCC(C)NC(=O)CCNC(=O)OC(C)(C)C. The Morgan fingerprint density at radius 2 is 1.81 bits per heavy atom. The normalized spacial score (nSPS) is 12.6. The van der Waals surface area contributed by atoms with Gasteiger partial charge in [0.1, 0.15) is 5.60 Å². The van der Waals surface area contributed by atoms with E-state index in [1.165, 1.54) is 19.3 Å². The van der Waals surface area contributed by atoms with Gasteiger partial charge >= 0.3 is 6.09 Å². The second-order valence-electron chi connectivity index (χ2n) is 6.50. The molecule has 21 heavy (non-hydrogen) atoms. The van der Waals surface area contributed by atoms with Crippen LogP contribution in [-0.4, -0.2) is 30.2 Å². The number of nitrogens with one attached hydrogen (secondary N) is 2. The molecule has 2 N–H and O–H groups in total. The number of hydrogen-bond acceptors (Lipinski definition) is 3. The minimum Gasteiger partial charge on any atom is -0.444 e. The molecule has 2 amide bonds. The van der Waals surface area contributed by atoms with Crippen molar-refractivity contribution in [1.29, 1.82) is 0 Å². The fraction of sp³-hybridized carbons (Fsp3) is 0.875. The van der Waals surface area contributed by atoms with Crippen LogP contribution in [0.1, 0.15) is 73.1 Å². The molecule has 0 aromatic heterocycles. The van der Waals surface area contributed by atoms with E-state index in [9.17, 15) is 9.59 Å². The summed E-state index contributed by atoms with van der Waals surface area (Å²) in [5, 5.41) is 5.53. The third-order valence-electron chi connectivity index (χ3n) is 2.92. The van der Waals surface area contributed by atoms with E-state index in [0.29, 0.717) is 6.54 Å². The van der Waals surface area contributed by atoms with Crippen LogP contribution < -0.4 is 10.6 Å². The molecule has 0 aromatic carbocycles. The van der Waals surface area contributed by atoms with Gasteiger partial charge in [0.15, 0.2) is 0 Å². The van der Waals surface area contributed by atoms with Gasteiger partial charge in [0.25, 0.3) is 0 Å². The van der Waals surface area contributed by atoms with E-state index in [2.05, 4.69) is 17.6 Å². The zero-order chi connectivity index (χ0) is 16.3. The first-order valence-corrected chi connectivity index (χ1v) is 8.00. The van der Waals surface area contributed by atoms with E-state index in [-0.39, 0.29) is 18.4 Å². The molecule has 5 nitrogen and oxygen atoms in total. The number of hydrogen-bond donors (Lipinski definition) is 2. The minimum absolute atomic E-state index is 0.0333. The molecule has 0 bridgehead atoms. The standard InChI is InChI=1S/C16H32N2O3/c1-6-7-8-9-10-13(2)18-14(19)11-12-17-15(20)21-16(3,4)5/h13H,6-12H2,1-5H3,(H,17,20)(H,18,19). The zero-order valence-electron chi connectivity index (χ0n) is 14.3. The third-order valence-corrected chi connectivity index (χ3v) is 2.92. The second kappa shape index (κ2) is 10.5. The van der Waals surface area contributed by atoms with E-state index in [4.69, 9.17) is 4.74 Å². The van der Waals surface area contributed by atoms with E-state index in [1.807, 2.05) is 6.92 Å². The van der Waals surface area contributed by atoms with Gasteiger partial charge in [-0.2, -0.15) is 0 Å². The van der Waals surface area contributed by atoms with Gasteiger partial charge in [0.05, 0.1) is 0 Å². The lowest BCUT2D eigenvalue weighted by Crippen LogP contribution is -2.37. The molecule has 0 heterocycles. The fourth-order valence-electron chi connectivity index (χ4n) is 1.89. The van der Waals surface area contributed by atoms with Crippen molar-refractivity contribution in [2.75, 3.05) is 6.54 Å². The first-order valence-electron chi connectivity index (χ1n) is 8.00. The average molecular weight is 300 g/mol.